The van der Waals surface area contributed by atoms with Crippen LogP contribution in [0.1, 0.15) is 28.2 Å². The smallest absolute Gasteiger partial charge is 0.130 e. The van der Waals surface area contributed by atoms with Crippen molar-refractivity contribution in [3.8, 4) is 5.75 Å². The molecule has 3 rings (SSSR count). The Morgan fingerprint density at radius 3 is 2.75 bits per heavy atom. The van der Waals surface area contributed by atoms with E-state index in [1.807, 2.05) is 44.2 Å². The van der Waals surface area contributed by atoms with E-state index in [4.69, 9.17) is 4.74 Å². The van der Waals surface area contributed by atoms with Gasteiger partial charge in [-0.25, -0.2) is 0 Å². The van der Waals surface area contributed by atoms with Crippen molar-refractivity contribution in [3.63, 3.8) is 0 Å². The fraction of sp³-hybridized carbons (Fsp3) is 0.263. The summed E-state index contributed by atoms with van der Waals surface area (Å²) in [7, 11) is 0. The molecule has 0 unspecified atom stereocenters. The Balaban J connectivity index is 1.53. The minimum atomic E-state index is 0.477. The molecule has 2 N–H and O–H groups in total. The van der Waals surface area contributed by atoms with Crippen LogP contribution in [0.25, 0.3) is 0 Å². The minimum absolute atomic E-state index is 0.477. The normalized spacial score (nSPS) is 10.8. The van der Waals surface area contributed by atoms with E-state index in [1.165, 1.54) is 11.1 Å². The van der Waals surface area contributed by atoms with Crippen molar-refractivity contribution in [2.75, 3.05) is 0 Å². The van der Waals surface area contributed by atoms with E-state index < -0.39 is 0 Å². The highest BCUT2D eigenvalue weighted by molar-refractivity contribution is 5.29. The summed E-state index contributed by atoms with van der Waals surface area (Å²) < 4.78 is 5.82. The molecule has 124 valence electrons. The number of hydrogen-bond acceptors (Lipinski definition) is 4. The van der Waals surface area contributed by atoms with E-state index in [2.05, 4.69) is 32.6 Å². The molecule has 2 aromatic heterocycles. The zero-order valence-corrected chi connectivity index (χ0v) is 14.0. The highest BCUT2D eigenvalue weighted by Gasteiger charge is 2.05. The van der Waals surface area contributed by atoms with Gasteiger partial charge in [0.15, 0.2) is 0 Å². The molecule has 0 amide bonds. The molecule has 24 heavy (non-hydrogen) atoms. The van der Waals surface area contributed by atoms with Gasteiger partial charge >= 0.3 is 0 Å². The van der Waals surface area contributed by atoms with E-state index in [9.17, 15) is 0 Å². The molecule has 0 aliphatic rings. The van der Waals surface area contributed by atoms with E-state index in [1.54, 1.807) is 6.20 Å². The third-order valence-corrected chi connectivity index (χ3v) is 3.92. The van der Waals surface area contributed by atoms with Gasteiger partial charge in [0.1, 0.15) is 12.4 Å². The van der Waals surface area contributed by atoms with Crippen LogP contribution in [0.5, 0.6) is 5.75 Å². The molecule has 0 atom stereocenters. The van der Waals surface area contributed by atoms with Crippen molar-refractivity contribution in [1.82, 2.24) is 20.5 Å². The van der Waals surface area contributed by atoms with Gasteiger partial charge < -0.3 is 10.1 Å². The molecule has 0 spiro atoms. The summed E-state index contributed by atoms with van der Waals surface area (Å²) in [5.74, 6) is 0.857. The SMILES string of the molecule is Cc1n[nH]c(C)c1CNCc1cccc(OCc2ccccn2)c1. The lowest BCUT2D eigenvalue weighted by molar-refractivity contribution is 0.301. The third-order valence-electron chi connectivity index (χ3n) is 3.92. The summed E-state index contributed by atoms with van der Waals surface area (Å²) >= 11 is 0. The summed E-state index contributed by atoms with van der Waals surface area (Å²) in [5, 5.41) is 10.7. The van der Waals surface area contributed by atoms with Crippen molar-refractivity contribution in [2.24, 2.45) is 0 Å². The number of pyridine rings is 1. The summed E-state index contributed by atoms with van der Waals surface area (Å²) in [6.07, 6.45) is 1.78. The summed E-state index contributed by atoms with van der Waals surface area (Å²) in [5.41, 5.74) is 5.51. The van der Waals surface area contributed by atoms with E-state index >= 15 is 0 Å². The number of aryl methyl sites for hydroxylation is 2. The third kappa shape index (κ3) is 4.20. The van der Waals surface area contributed by atoms with Crippen LogP contribution >= 0.6 is 0 Å². The number of nitrogens with zero attached hydrogens (tertiary/aromatic N) is 2. The second-order valence-corrected chi connectivity index (χ2v) is 5.77. The lowest BCUT2D eigenvalue weighted by Gasteiger charge is -2.09. The van der Waals surface area contributed by atoms with Gasteiger partial charge in [-0.15, -0.1) is 0 Å². The lowest BCUT2D eigenvalue weighted by Crippen LogP contribution is -2.13. The van der Waals surface area contributed by atoms with Gasteiger partial charge in [0.25, 0.3) is 0 Å². The van der Waals surface area contributed by atoms with Crippen LogP contribution in [0.2, 0.25) is 0 Å². The number of aromatic nitrogens is 3. The Bertz CT molecular complexity index is 764. The first-order valence-electron chi connectivity index (χ1n) is 8.05. The van der Waals surface area contributed by atoms with Gasteiger partial charge in [0.05, 0.1) is 11.4 Å². The van der Waals surface area contributed by atoms with Crippen LogP contribution in [0.4, 0.5) is 0 Å². The zero-order chi connectivity index (χ0) is 16.8. The Kier molecular flexibility index (Phi) is 5.23. The molecule has 0 radical (unpaired) electrons. The number of H-pyrrole nitrogens is 1. The van der Waals surface area contributed by atoms with Gasteiger partial charge in [-0.05, 0) is 43.7 Å². The van der Waals surface area contributed by atoms with Crippen molar-refractivity contribution in [3.05, 3.63) is 76.9 Å². The molecule has 2 heterocycles. The molecule has 5 heteroatoms. The molecule has 5 nitrogen and oxygen atoms in total. The molecule has 3 aromatic rings. The standard InChI is InChI=1S/C19H22N4O/c1-14-19(15(2)23-22-14)12-20-11-16-6-5-8-18(10-16)24-13-17-7-3-4-9-21-17/h3-10,20H,11-13H2,1-2H3,(H,22,23). The largest absolute Gasteiger partial charge is 0.487 e. The summed E-state index contributed by atoms with van der Waals surface area (Å²) in [6.45, 7) is 6.12. The minimum Gasteiger partial charge on any atom is -0.487 e. The maximum absolute atomic E-state index is 5.82. The van der Waals surface area contributed by atoms with Crippen LogP contribution in [0, 0.1) is 13.8 Å². The van der Waals surface area contributed by atoms with Crippen LogP contribution in [-0.4, -0.2) is 15.2 Å². The maximum Gasteiger partial charge on any atom is 0.130 e. The highest BCUT2D eigenvalue weighted by Crippen LogP contribution is 2.15. The first-order valence-corrected chi connectivity index (χ1v) is 8.05. The Morgan fingerprint density at radius 2 is 2.00 bits per heavy atom. The molecular weight excluding hydrogens is 300 g/mol. The van der Waals surface area contributed by atoms with Crippen molar-refractivity contribution in [1.29, 1.82) is 0 Å². The fourth-order valence-electron chi connectivity index (χ4n) is 2.55. The first kappa shape index (κ1) is 16.2. The van der Waals surface area contributed by atoms with Gasteiger partial charge in [-0.2, -0.15) is 5.10 Å². The van der Waals surface area contributed by atoms with E-state index in [0.29, 0.717) is 6.61 Å². The number of hydrogen-bond donors (Lipinski definition) is 2. The monoisotopic (exact) mass is 322 g/mol. The fourth-order valence-corrected chi connectivity index (χ4v) is 2.55. The first-order chi connectivity index (χ1) is 11.7. The predicted octanol–water partition coefficient (Wildman–Crippen LogP) is 3.29. The molecular formula is C19H22N4O. The predicted molar refractivity (Wildman–Crippen MR) is 93.6 cm³/mol. The number of nitrogens with one attached hydrogen (secondary N) is 2. The van der Waals surface area contributed by atoms with Crippen LogP contribution in [0.15, 0.2) is 48.7 Å². The number of aromatic amines is 1. The van der Waals surface area contributed by atoms with Gasteiger partial charge in [0, 0.05) is 30.5 Å². The summed E-state index contributed by atoms with van der Waals surface area (Å²) in [4.78, 5) is 4.26. The van der Waals surface area contributed by atoms with Gasteiger partial charge in [-0.3, -0.25) is 10.1 Å². The quantitative estimate of drug-likeness (QED) is 0.700. The number of benzene rings is 1. The van der Waals surface area contributed by atoms with E-state index in [-0.39, 0.29) is 0 Å². The van der Waals surface area contributed by atoms with Crippen LogP contribution < -0.4 is 10.1 Å². The maximum atomic E-state index is 5.82. The molecule has 0 saturated carbocycles. The van der Waals surface area contributed by atoms with Crippen LogP contribution in [-0.2, 0) is 19.7 Å². The summed E-state index contributed by atoms with van der Waals surface area (Å²) in [6, 6.07) is 14.0. The zero-order valence-electron chi connectivity index (χ0n) is 14.0. The lowest BCUT2D eigenvalue weighted by atomic mass is 10.2. The number of rotatable bonds is 7. The second-order valence-electron chi connectivity index (χ2n) is 5.77. The van der Waals surface area contributed by atoms with Crippen molar-refractivity contribution in [2.45, 2.75) is 33.5 Å². The Morgan fingerprint density at radius 1 is 1.08 bits per heavy atom. The molecule has 0 aliphatic heterocycles. The molecule has 0 saturated heterocycles. The van der Waals surface area contributed by atoms with Crippen molar-refractivity contribution < 1.29 is 4.74 Å². The average molecular weight is 322 g/mol. The Labute approximate surface area is 142 Å². The van der Waals surface area contributed by atoms with E-state index in [0.717, 1.165) is 35.9 Å². The number of ether oxygens (including phenoxy) is 1. The van der Waals surface area contributed by atoms with Crippen molar-refractivity contribution >= 4 is 0 Å². The topological polar surface area (TPSA) is 62.8 Å². The van der Waals surface area contributed by atoms with Gasteiger partial charge in [-0.1, -0.05) is 18.2 Å². The molecule has 1 aromatic carbocycles. The molecule has 0 bridgehead atoms. The van der Waals surface area contributed by atoms with Gasteiger partial charge in [0.2, 0.25) is 0 Å². The highest BCUT2D eigenvalue weighted by atomic mass is 16.5. The average Bonchev–Trinajstić information content (AvgIpc) is 2.93. The molecule has 0 aliphatic carbocycles. The van der Waals surface area contributed by atoms with Crippen LogP contribution in [0.3, 0.4) is 0 Å². The molecule has 0 fully saturated rings. The second kappa shape index (κ2) is 7.75. The Hall–Kier alpha value is -2.66.